The molecule has 3 N–H and O–H groups in total. The predicted octanol–water partition coefficient (Wildman–Crippen LogP) is 1.11. The maximum atomic E-state index is 12.6. The van der Waals surface area contributed by atoms with Crippen LogP contribution in [0.15, 0.2) is 0 Å². The van der Waals surface area contributed by atoms with Crippen LogP contribution in [-0.4, -0.2) is 46.9 Å². The molecule has 0 saturated carbocycles. The number of hydrogen-bond donors (Lipinski definition) is 3. The van der Waals surface area contributed by atoms with Crippen LogP contribution >= 0.6 is 0 Å². The summed E-state index contributed by atoms with van der Waals surface area (Å²) in [4.78, 5) is 48.9. The number of carbonyl (C=O) groups excluding carboxylic acids is 4. The fourth-order valence-corrected chi connectivity index (χ4v) is 2.75. The zero-order valence-electron chi connectivity index (χ0n) is 14.2. The Morgan fingerprint density at radius 1 is 1.17 bits per heavy atom. The molecule has 0 bridgehead atoms. The summed E-state index contributed by atoms with van der Waals surface area (Å²) >= 11 is 0. The second-order valence-corrected chi connectivity index (χ2v) is 6.08. The van der Waals surface area contributed by atoms with Gasteiger partial charge in [0.05, 0.1) is 0 Å². The summed E-state index contributed by atoms with van der Waals surface area (Å²) in [6, 6.07) is -1.36. The van der Waals surface area contributed by atoms with E-state index in [4.69, 9.17) is 0 Å². The Kier molecular flexibility index (Phi) is 6.53. The molecule has 0 spiro atoms. The largest absolute Gasteiger partial charge is 0.336 e. The van der Waals surface area contributed by atoms with Gasteiger partial charge in [-0.05, 0) is 26.7 Å². The first-order chi connectivity index (χ1) is 10.8. The van der Waals surface area contributed by atoms with Crippen LogP contribution < -0.4 is 16.0 Å². The van der Waals surface area contributed by atoms with Gasteiger partial charge in [-0.2, -0.15) is 0 Å². The lowest BCUT2D eigenvalue weighted by Gasteiger charge is -2.25. The minimum atomic E-state index is -0.930. The van der Waals surface area contributed by atoms with Gasteiger partial charge >= 0.3 is 12.1 Å². The molecule has 130 valence electrons. The molecule has 0 aromatic rings. The Bertz CT molecular complexity index is 484. The number of hydrogen-bond acceptors (Lipinski definition) is 4. The highest BCUT2D eigenvalue weighted by molar-refractivity contribution is 6.10. The van der Waals surface area contributed by atoms with E-state index in [2.05, 4.69) is 16.0 Å². The van der Waals surface area contributed by atoms with Crippen molar-refractivity contribution in [1.29, 1.82) is 0 Å². The molecule has 23 heavy (non-hydrogen) atoms. The zero-order chi connectivity index (χ0) is 17.6. The highest BCUT2D eigenvalue weighted by Crippen LogP contribution is 2.27. The summed E-state index contributed by atoms with van der Waals surface area (Å²) in [5.41, 5.74) is -0.930. The van der Waals surface area contributed by atoms with E-state index in [1.165, 1.54) is 0 Å². The molecular formula is C15H26N4O4. The van der Waals surface area contributed by atoms with E-state index >= 15 is 0 Å². The minimum absolute atomic E-state index is 0.124. The van der Waals surface area contributed by atoms with Gasteiger partial charge in [0.25, 0.3) is 5.91 Å². The van der Waals surface area contributed by atoms with Gasteiger partial charge in [0, 0.05) is 6.04 Å². The van der Waals surface area contributed by atoms with Crippen molar-refractivity contribution in [3.8, 4) is 0 Å². The van der Waals surface area contributed by atoms with Crippen molar-refractivity contribution in [2.75, 3.05) is 6.54 Å². The summed E-state index contributed by atoms with van der Waals surface area (Å²) in [5.74, 6) is -1.10. The lowest BCUT2D eigenvalue weighted by Crippen LogP contribution is -2.49. The van der Waals surface area contributed by atoms with Gasteiger partial charge in [0.15, 0.2) is 0 Å². The normalized spacial score (nSPS) is 16.5. The molecule has 1 aliphatic heterocycles. The minimum Gasteiger partial charge on any atom is -0.336 e. The van der Waals surface area contributed by atoms with Crippen molar-refractivity contribution in [3.63, 3.8) is 0 Å². The van der Waals surface area contributed by atoms with Crippen LogP contribution in [0.4, 0.5) is 9.59 Å². The standard InChI is InChI=1S/C15H26N4O4/c1-5-7-15(8-6-2)12(21)19(14(23)18-15)9-11(20)17-13(22)16-10(3)4/h10H,5-9H2,1-4H3,(H,18,23)(H2,16,17,20,22). The molecule has 8 heteroatoms. The number of nitrogens with zero attached hydrogens (tertiary/aromatic N) is 1. The van der Waals surface area contributed by atoms with Crippen LogP contribution in [0.2, 0.25) is 0 Å². The third kappa shape index (κ3) is 4.67. The molecule has 8 nitrogen and oxygen atoms in total. The highest BCUT2D eigenvalue weighted by Gasteiger charge is 2.50. The van der Waals surface area contributed by atoms with Crippen molar-refractivity contribution in [1.82, 2.24) is 20.9 Å². The first-order valence-corrected chi connectivity index (χ1v) is 8.00. The quantitative estimate of drug-likeness (QED) is 0.609. The monoisotopic (exact) mass is 326 g/mol. The Labute approximate surface area is 136 Å². The van der Waals surface area contributed by atoms with Crippen molar-refractivity contribution >= 4 is 23.9 Å². The Hall–Kier alpha value is -2.12. The molecule has 1 aliphatic rings. The van der Waals surface area contributed by atoms with Gasteiger partial charge in [-0.15, -0.1) is 0 Å². The van der Waals surface area contributed by atoms with E-state index in [9.17, 15) is 19.2 Å². The molecule has 0 atom stereocenters. The van der Waals surface area contributed by atoms with E-state index < -0.39 is 36.0 Å². The second kappa shape index (κ2) is 7.94. The van der Waals surface area contributed by atoms with Crippen molar-refractivity contribution < 1.29 is 19.2 Å². The summed E-state index contributed by atoms with van der Waals surface area (Å²) in [7, 11) is 0. The van der Waals surface area contributed by atoms with Gasteiger partial charge in [-0.25, -0.2) is 9.59 Å². The van der Waals surface area contributed by atoms with Crippen molar-refractivity contribution in [2.45, 2.75) is 65.0 Å². The molecule has 0 aliphatic carbocycles. The van der Waals surface area contributed by atoms with Crippen LogP contribution in [0.5, 0.6) is 0 Å². The zero-order valence-corrected chi connectivity index (χ0v) is 14.2. The number of urea groups is 2. The Morgan fingerprint density at radius 2 is 1.74 bits per heavy atom. The fraction of sp³-hybridized carbons (Fsp3) is 0.733. The molecule has 0 aromatic heterocycles. The summed E-state index contributed by atoms with van der Waals surface area (Å²) in [5, 5.41) is 7.33. The summed E-state index contributed by atoms with van der Waals surface area (Å²) in [6.07, 6.45) is 2.53. The number of nitrogens with one attached hydrogen (secondary N) is 3. The topological polar surface area (TPSA) is 108 Å². The lowest BCUT2D eigenvalue weighted by molar-refractivity contribution is -0.135. The van der Waals surface area contributed by atoms with Crippen LogP contribution in [0.3, 0.4) is 0 Å². The van der Waals surface area contributed by atoms with Gasteiger partial charge in [-0.3, -0.25) is 19.8 Å². The SMILES string of the molecule is CCCC1(CCC)NC(=O)N(CC(=O)NC(=O)NC(C)C)C1=O. The maximum absolute atomic E-state index is 12.6. The van der Waals surface area contributed by atoms with Crippen LogP contribution in [0, 0.1) is 0 Å². The Balaban J connectivity index is 2.73. The first kappa shape index (κ1) is 18.9. The lowest BCUT2D eigenvalue weighted by atomic mass is 9.88. The first-order valence-electron chi connectivity index (χ1n) is 8.00. The molecule has 0 radical (unpaired) electrons. The molecule has 1 fully saturated rings. The number of imide groups is 2. The van der Waals surface area contributed by atoms with Crippen LogP contribution in [0.25, 0.3) is 0 Å². The molecule has 6 amide bonds. The molecule has 1 saturated heterocycles. The average molecular weight is 326 g/mol. The summed E-state index contributed by atoms with van der Waals surface area (Å²) < 4.78 is 0. The van der Waals surface area contributed by atoms with E-state index in [0.29, 0.717) is 12.8 Å². The van der Waals surface area contributed by atoms with E-state index in [-0.39, 0.29) is 6.04 Å². The molecule has 0 aromatic carbocycles. The molecule has 1 heterocycles. The molecular weight excluding hydrogens is 300 g/mol. The summed E-state index contributed by atoms with van der Waals surface area (Å²) in [6.45, 7) is 6.91. The fourth-order valence-electron chi connectivity index (χ4n) is 2.75. The van der Waals surface area contributed by atoms with Crippen molar-refractivity contribution in [2.24, 2.45) is 0 Å². The van der Waals surface area contributed by atoms with Gasteiger partial charge in [0.1, 0.15) is 12.1 Å². The maximum Gasteiger partial charge on any atom is 0.325 e. The Morgan fingerprint density at radius 3 is 2.22 bits per heavy atom. The predicted molar refractivity (Wildman–Crippen MR) is 84.6 cm³/mol. The van der Waals surface area contributed by atoms with Gasteiger partial charge in [0.2, 0.25) is 5.91 Å². The number of carbonyl (C=O) groups is 4. The number of amides is 6. The van der Waals surface area contributed by atoms with Crippen LogP contribution in [-0.2, 0) is 9.59 Å². The van der Waals surface area contributed by atoms with E-state index in [1.54, 1.807) is 13.8 Å². The van der Waals surface area contributed by atoms with Gasteiger partial charge < -0.3 is 10.6 Å². The highest BCUT2D eigenvalue weighted by atomic mass is 16.2. The molecule has 1 rings (SSSR count). The number of rotatable bonds is 7. The second-order valence-electron chi connectivity index (χ2n) is 6.08. The van der Waals surface area contributed by atoms with Crippen LogP contribution in [0.1, 0.15) is 53.4 Å². The average Bonchev–Trinajstić information content (AvgIpc) is 2.63. The molecule has 0 unspecified atom stereocenters. The van der Waals surface area contributed by atoms with Gasteiger partial charge in [-0.1, -0.05) is 26.7 Å². The third-order valence-electron chi connectivity index (χ3n) is 3.57. The van der Waals surface area contributed by atoms with Crippen molar-refractivity contribution in [3.05, 3.63) is 0 Å². The third-order valence-corrected chi connectivity index (χ3v) is 3.57. The smallest absolute Gasteiger partial charge is 0.325 e. The van der Waals surface area contributed by atoms with E-state index in [1.807, 2.05) is 13.8 Å². The van der Waals surface area contributed by atoms with E-state index in [0.717, 1.165) is 17.7 Å².